The van der Waals surface area contributed by atoms with Crippen LogP contribution in [-0.2, 0) is 9.59 Å². The maximum Gasteiger partial charge on any atom is 0.222 e. The maximum atomic E-state index is 11.4. The average Bonchev–Trinajstić information content (AvgIpc) is 1.96. The Morgan fingerprint density at radius 3 is 2.07 bits per heavy atom. The van der Waals surface area contributed by atoms with E-state index in [9.17, 15) is 9.59 Å². The Morgan fingerprint density at radius 1 is 1.29 bits per heavy atom. The molecule has 4 nitrogen and oxygen atoms in total. The molecular formula is C10H20N2O2. The largest absolute Gasteiger partial charge is 0.351 e. The van der Waals surface area contributed by atoms with Crippen molar-refractivity contribution in [2.24, 2.45) is 0 Å². The van der Waals surface area contributed by atoms with Crippen molar-refractivity contribution < 1.29 is 9.59 Å². The second kappa shape index (κ2) is 5.10. The highest BCUT2D eigenvalue weighted by atomic mass is 16.2. The third-order valence-electron chi connectivity index (χ3n) is 1.74. The molecule has 0 bridgehead atoms. The molecule has 0 aromatic rings. The highest BCUT2D eigenvalue weighted by molar-refractivity contribution is 5.88. The lowest BCUT2D eigenvalue weighted by Crippen LogP contribution is -2.45. The SMILES string of the molecule is CNC(CC(=O)NC(C)(C)C)C(C)=O. The van der Waals surface area contributed by atoms with Gasteiger partial charge in [0.25, 0.3) is 0 Å². The van der Waals surface area contributed by atoms with Gasteiger partial charge < -0.3 is 10.6 Å². The van der Waals surface area contributed by atoms with Crippen molar-refractivity contribution in [1.29, 1.82) is 0 Å². The molecule has 0 radical (unpaired) electrons. The van der Waals surface area contributed by atoms with Gasteiger partial charge in [0.2, 0.25) is 5.91 Å². The Morgan fingerprint density at radius 2 is 1.79 bits per heavy atom. The first-order chi connectivity index (χ1) is 6.26. The summed E-state index contributed by atoms with van der Waals surface area (Å²) in [7, 11) is 1.68. The second-order valence-electron chi connectivity index (χ2n) is 4.45. The number of ketones is 1. The van der Waals surface area contributed by atoms with Gasteiger partial charge in [-0.1, -0.05) is 0 Å². The third kappa shape index (κ3) is 5.70. The Hall–Kier alpha value is -0.900. The second-order valence-corrected chi connectivity index (χ2v) is 4.45. The van der Waals surface area contributed by atoms with Gasteiger partial charge in [0.05, 0.1) is 6.04 Å². The zero-order chi connectivity index (χ0) is 11.4. The Kier molecular flexibility index (Phi) is 4.77. The summed E-state index contributed by atoms with van der Waals surface area (Å²) < 4.78 is 0. The van der Waals surface area contributed by atoms with Crippen LogP contribution < -0.4 is 10.6 Å². The van der Waals surface area contributed by atoms with Crippen LogP contribution in [0.1, 0.15) is 34.1 Å². The summed E-state index contributed by atoms with van der Waals surface area (Å²) in [5, 5.41) is 5.62. The standard InChI is InChI=1S/C10H20N2O2/c1-7(13)8(11-5)6-9(14)12-10(2,3)4/h8,11H,6H2,1-5H3,(H,12,14). The molecule has 1 amide bonds. The monoisotopic (exact) mass is 200 g/mol. The van der Waals surface area contributed by atoms with Crippen molar-refractivity contribution >= 4 is 11.7 Å². The molecule has 0 heterocycles. The van der Waals surface area contributed by atoms with E-state index in [1.54, 1.807) is 7.05 Å². The summed E-state index contributed by atoms with van der Waals surface area (Å²) in [6.07, 6.45) is 0.198. The number of Topliss-reactive ketones (excluding diaryl/α,β-unsaturated/α-hetero) is 1. The van der Waals surface area contributed by atoms with Crippen LogP contribution in [0, 0.1) is 0 Å². The first-order valence-corrected chi connectivity index (χ1v) is 4.75. The minimum atomic E-state index is -0.377. The Labute approximate surface area is 85.4 Å². The predicted octanol–water partition coefficient (Wildman–Crippen LogP) is 0.468. The van der Waals surface area contributed by atoms with Crippen molar-refractivity contribution in [3.05, 3.63) is 0 Å². The van der Waals surface area contributed by atoms with Crippen molar-refractivity contribution in [3.63, 3.8) is 0 Å². The van der Waals surface area contributed by atoms with Crippen LogP contribution in [0.5, 0.6) is 0 Å². The quantitative estimate of drug-likeness (QED) is 0.693. The van der Waals surface area contributed by atoms with Gasteiger partial charge in [0.15, 0.2) is 0 Å². The van der Waals surface area contributed by atoms with Crippen molar-refractivity contribution in [2.45, 2.75) is 45.7 Å². The van der Waals surface area contributed by atoms with Gasteiger partial charge in [0.1, 0.15) is 5.78 Å². The molecule has 14 heavy (non-hydrogen) atoms. The summed E-state index contributed by atoms with van der Waals surface area (Å²) >= 11 is 0. The number of hydrogen-bond acceptors (Lipinski definition) is 3. The molecule has 1 unspecified atom stereocenters. The van der Waals surface area contributed by atoms with E-state index in [0.717, 1.165) is 0 Å². The van der Waals surface area contributed by atoms with E-state index in [0.29, 0.717) is 0 Å². The summed E-state index contributed by atoms with van der Waals surface area (Å²) in [5.74, 6) is -0.122. The number of carbonyl (C=O) groups is 2. The zero-order valence-corrected chi connectivity index (χ0v) is 9.60. The van der Waals surface area contributed by atoms with Crippen molar-refractivity contribution in [2.75, 3.05) is 7.05 Å². The molecule has 2 N–H and O–H groups in total. The van der Waals surface area contributed by atoms with Gasteiger partial charge in [-0.3, -0.25) is 9.59 Å². The van der Waals surface area contributed by atoms with E-state index >= 15 is 0 Å². The molecule has 0 saturated carbocycles. The van der Waals surface area contributed by atoms with Crippen molar-refractivity contribution in [1.82, 2.24) is 10.6 Å². The van der Waals surface area contributed by atoms with Crippen LogP contribution in [0.3, 0.4) is 0 Å². The van der Waals surface area contributed by atoms with E-state index in [1.807, 2.05) is 20.8 Å². The minimum absolute atomic E-state index is 0.0171. The van der Waals surface area contributed by atoms with Gasteiger partial charge in [-0.25, -0.2) is 0 Å². The Balaban J connectivity index is 4.11. The molecule has 0 aliphatic heterocycles. The van der Waals surface area contributed by atoms with Crippen LogP contribution in [0.4, 0.5) is 0 Å². The molecule has 0 aliphatic rings. The van der Waals surface area contributed by atoms with Crippen LogP contribution in [0.15, 0.2) is 0 Å². The highest BCUT2D eigenvalue weighted by Crippen LogP contribution is 2.01. The van der Waals surface area contributed by atoms with Gasteiger partial charge in [-0.05, 0) is 34.7 Å². The number of likely N-dealkylation sites (N-methyl/N-ethyl adjacent to an activating group) is 1. The first-order valence-electron chi connectivity index (χ1n) is 4.75. The van der Waals surface area contributed by atoms with E-state index in [4.69, 9.17) is 0 Å². The first kappa shape index (κ1) is 13.1. The molecule has 4 heteroatoms. The summed E-state index contributed by atoms with van der Waals surface area (Å²) in [6.45, 7) is 7.21. The van der Waals surface area contributed by atoms with Crippen LogP contribution >= 0.6 is 0 Å². The lowest BCUT2D eigenvalue weighted by molar-refractivity contribution is -0.127. The molecule has 0 rings (SSSR count). The number of amides is 1. The normalized spacial score (nSPS) is 13.5. The number of rotatable bonds is 4. The summed E-state index contributed by atoms with van der Waals surface area (Å²) in [6, 6.07) is -0.377. The molecule has 0 aromatic carbocycles. The van der Waals surface area contributed by atoms with Gasteiger partial charge >= 0.3 is 0 Å². The molecule has 0 spiro atoms. The van der Waals surface area contributed by atoms with E-state index in [-0.39, 0.29) is 29.7 Å². The summed E-state index contributed by atoms with van der Waals surface area (Å²) in [5.41, 5.74) is -0.244. The highest BCUT2D eigenvalue weighted by Gasteiger charge is 2.19. The molecule has 1 atom stereocenters. The van der Waals surface area contributed by atoms with Gasteiger partial charge in [-0.15, -0.1) is 0 Å². The molecule has 0 saturated heterocycles. The van der Waals surface area contributed by atoms with Gasteiger partial charge in [-0.2, -0.15) is 0 Å². The van der Waals surface area contributed by atoms with Crippen molar-refractivity contribution in [3.8, 4) is 0 Å². The number of hydrogen-bond donors (Lipinski definition) is 2. The van der Waals surface area contributed by atoms with E-state index in [2.05, 4.69) is 10.6 Å². The molecule has 0 aromatic heterocycles. The lowest BCUT2D eigenvalue weighted by Gasteiger charge is -2.22. The average molecular weight is 200 g/mol. The number of nitrogens with one attached hydrogen (secondary N) is 2. The maximum absolute atomic E-state index is 11.4. The fourth-order valence-electron chi connectivity index (χ4n) is 1.10. The number of carbonyl (C=O) groups excluding carboxylic acids is 2. The van der Waals surface area contributed by atoms with Gasteiger partial charge in [0, 0.05) is 12.0 Å². The summed E-state index contributed by atoms with van der Waals surface area (Å²) in [4.78, 5) is 22.5. The van der Waals surface area contributed by atoms with Crippen LogP contribution in [0.25, 0.3) is 0 Å². The van der Waals surface area contributed by atoms with E-state index < -0.39 is 0 Å². The van der Waals surface area contributed by atoms with E-state index in [1.165, 1.54) is 6.92 Å². The predicted molar refractivity (Wildman–Crippen MR) is 56.0 cm³/mol. The Bertz CT molecular complexity index is 219. The zero-order valence-electron chi connectivity index (χ0n) is 9.60. The third-order valence-corrected chi connectivity index (χ3v) is 1.74. The topological polar surface area (TPSA) is 58.2 Å². The fourth-order valence-corrected chi connectivity index (χ4v) is 1.10. The molecule has 0 aliphatic carbocycles. The van der Waals surface area contributed by atoms with Crippen LogP contribution in [-0.4, -0.2) is 30.3 Å². The van der Waals surface area contributed by atoms with Crippen LogP contribution in [0.2, 0.25) is 0 Å². The fraction of sp³-hybridized carbons (Fsp3) is 0.800. The lowest BCUT2D eigenvalue weighted by atomic mass is 10.1. The smallest absolute Gasteiger partial charge is 0.222 e. The minimum Gasteiger partial charge on any atom is -0.351 e. The molecule has 0 fully saturated rings. The molecular weight excluding hydrogens is 180 g/mol. The molecule has 82 valence electrons.